The Morgan fingerprint density at radius 3 is 2.69 bits per heavy atom. The van der Waals surface area contributed by atoms with Gasteiger partial charge in [0.2, 0.25) is 0 Å². The van der Waals surface area contributed by atoms with Crippen molar-refractivity contribution in [1.29, 1.82) is 0 Å². The van der Waals surface area contributed by atoms with Gasteiger partial charge in [0, 0.05) is 6.07 Å². The summed E-state index contributed by atoms with van der Waals surface area (Å²) in [6.07, 6.45) is 3.51. The molecule has 0 unspecified atom stereocenters. The minimum Gasteiger partial charge on any atom is -0.455 e. The van der Waals surface area contributed by atoms with Crippen molar-refractivity contribution < 1.29 is 27.1 Å². The van der Waals surface area contributed by atoms with Crippen molar-refractivity contribution in [2.45, 2.75) is 32.4 Å². The second-order valence-electron chi connectivity index (χ2n) is 6.08. The number of benzene rings is 1. The third-order valence-electron chi connectivity index (χ3n) is 4.12. The molecule has 5 nitrogen and oxygen atoms in total. The van der Waals surface area contributed by atoms with Crippen LogP contribution in [0.1, 0.15) is 35.6 Å². The Kier molecular flexibility index (Phi) is 5.82. The highest BCUT2D eigenvalue weighted by Gasteiger charge is 2.18. The third-order valence-corrected chi connectivity index (χ3v) is 4.12. The summed E-state index contributed by atoms with van der Waals surface area (Å²) in [5.41, 5.74) is -0.0642. The zero-order valence-corrected chi connectivity index (χ0v) is 14.0. The van der Waals surface area contributed by atoms with Gasteiger partial charge in [0.1, 0.15) is 11.6 Å². The van der Waals surface area contributed by atoms with Crippen LogP contribution in [0.5, 0.6) is 5.75 Å². The molecule has 2 aromatic rings. The Morgan fingerprint density at radius 1 is 1.19 bits per heavy atom. The molecular weight excluding hydrogens is 349 g/mol. The van der Waals surface area contributed by atoms with Gasteiger partial charge < -0.3 is 14.5 Å². The lowest BCUT2D eigenvalue weighted by atomic mass is 10.1. The van der Waals surface area contributed by atoms with Gasteiger partial charge in [-0.05, 0) is 50.2 Å². The van der Waals surface area contributed by atoms with Crippen LogP contribution in [0.15, 0.2) is 34.7 Å². The summed E-state index contributed by atoms with van der Waals surface area (Å²) in [5.74, 6) is -1.13. The van der Waals surface area contributed by atoms with Crippen molar-refractivity contribution in [3.05, 3.63) is 47.7 Å². The van der Waals surface area contributed by atoms with Gasteiger partial charge in [0.15, 0.2) is 11.5 Å². The average Bonchev–Trinajstić information content (AvgIpc) is 3.06. The summed E-state index contributed by atoms with van der Waals surface area (Å²) in [5, 5.41) is 2.41. The highest BCUT2D eigenvalue weighted by atomic mass is 19.3. The predicted molar refractivity (Wildman–Crippen MR) is 88.8 cm³/mol. The molecule has 0 radical (unpaired) electrons. The van der Waals surface area contributed by atoms with Gasteiger partial charge in [-0.15, -0.1) is 0 Å². The van der Waals surface area contributed by atoms with E-state index in [4.69, 9.17) is 4.42 Å². The predicted octanol–water partition coefficient (Wildman–Crippen LogP) is 4.26. The number of hydrogen-bond acceptors (Lipinski definition) is 4. The van der Waals surface area contributed by atoms with Gasteiger partial charge in [-0.1, -0.05) is 6.42 Å². The Morgan fingerprint density at radius 2 is 1.96 bits per heavy atom. The van der Waals surface area contributed by atoms with Gasteiger partial charge in [0.05, 0.1) is 12.2 Å². The Bertz CT molecular complexity index is 758. The number of carbonyl (C=O) groups excluding carboxylic acids is 1. The molecule has 0 atom stereocenters. The van der Waals surface area contributed by atoms with E-state index in [0.717, 1.165) is 44.1 Å². The maximum absolute atomic E-state index is 13.2. The second kappa shape index (κ2) is 8.27. The lowest BCUT2D eigenvalue weighted by molar-refractivity contribution is -0.0495. The molecule has 0 aliphatic carbocycles. The molecule has 1 N–H and O–H groups in total. The van der Waals surface area contributed by atoms with E-state index in [1.165, 1.54) is 12.5 Å². The van der Waals surface area contributed by atoms with E-state index in [9.17, 15) is 18.0 Å². The zero-order valence-electron chi connectivity index (χ0n) is 14.0. The van der Waals surface area contributed by atoms with E-state index in [0.29, 0.717) is 12.3 Å². The number of nitrogens with zero attached hydrogens (tertiary/aromatic N) is 1. The quantitative estimate of drug-likeness (QED) is 0.828. The molecule has 1 aliphatic rings. The minimum atomic E-state index is -3.13. The van der Waals surface area contributed by atoms with Crippen LogP contribution in [0.4, 0.5) is 18.9 Å². The molecule has 1 amide bonds. The minimum absolute atomic E-state index is 0.0457. The van der Waals surface area contributed by atoms with Crippen LogP contribution in [0.2, 0.25) is 0 Å². The molecule has 0 bridgehead atoms. The molecule has 1 aromatic carbocycles. The normalized spacial score (nSPS) is 15.2. The summed E-state index contributed by atoms with van der Waals surface area (Å²) >= 11 is 0. The van der Waals surface area contributed by atoms with Crippen molar-refractivity contribution in [2.24, 2.45) is 0 Å². The smallest absolute Gasteiger partial charge is 0.387 e. The largest absolute Gasteiger partial charge is 0.455 e. The summed E-state index contributed by atoms with van der Waals surface area (Å²) in [6, 6.07) is 6.21. The van der Waals surface area contributed by atoms with Crippen molar-refractivity contribution in [3.63, 3.8) is 0 Å². The van der Waals surface area contributed by atoms with Gasteiger partial charge >= 0.3 is 6.61 Å². The van der Waals surface area contributed by atoms with Crippen LogP contribution in [-0.4, -0.2) is 30.5 Å². The summed E-state index contributed by atoms with van der Waals surface area (Å²) in [7, 11) is 0. The number of carbonyl (C=O) groups is 1. The standard InChI is InChI=1S/C18H19F3N2O3/c19-12-4-6-14(16(10-12)26-18(20)21)22-17(24)15-7-5-13(25-15)11-23-8-2-1-3-9-23/h4-7,10,18H,1-3,8-9,11H2,(H,22,24). The van der Waals surface area contributed by atoms with Crippen LogP contribution in [-0.2, 0) is 6.54 Å². The molecule has 0 saturated carbocycles. The fraction of sp³-hybridized carbons (Fsp3) is 0.389. The number of hydrogen-bond donors (Lipinski definition) is 1. The van der Waals surface area contributed by atoms with Crippen molar-refractivity contribution >= 4 is 11.6 Å². The second-order valence-corrected chi connectivity index (χ2v) is 6.08. The lowest BCUT2D eigenvalue weighted by Gasteiger charge is -2.25. The van der Waals surface area contributed by atoms with Crippen molar-refractivity contribution in [2.75, 3.05) is 18.4 Å². The monoisotopic (exact) mass is 368 g/mol. The molecule has 0 spiro atoms. The van der Waals surface area contributed by atoms with Gasteiger partial charge in [-0.2, -0.15) is 8.78 Å². The number of alkyl halides is 2. The molecule has 2 heterocycles. The molecule has 26 heavy (non-hydrogen) atoms. The van der Waals surface area contributed by atoms with E-state index in [1.54, 1.807) is 6.07 Å². The number of halogens is 3. The molecule has 1 aliphatic heterocycles. The van der Waals surface area contributed by atoms with E-state index in [-0.39, 0.29) is 11.4 Å². The van der Waals surface area contributed by atoms with Gasteiger partial charge in [-0.3, -0.25) is 9.69 Å². The fourth-order valence-electron chi connectivity index (χ4n) is 2.90. The maximum atomic E-state index is 13.2. The molecule has 1 fully saturated rings. The lowest BCUT2D eigenvalue weighted by Crippen LogP contribution is -2.28. The number of anilines is 1. The number of amides is 1. The number of piperidine rings is 1. The Hall–Kier alpha value is -2.48. The molecule has 8 heteroatoms. The highest BCUT2D eigenvalue weighted by molar-refractivity contribution is 6.03. The first-order valence-electron chi connectivity index (χ1n) is 8.38. The van der Waals surface area contributed by atoms with Crippen LogP contribution in [0.3, 0.4) is 0 Å². The summed E-state index contributed by atoms with van der Waals surface area (Å²) in [6.45, 7) is -0.533. The number of likely N-dealkylation sites (tertiary alicyclic amines) is 1. The van der Waals surface area contributed by atoms with Gasteiger partial charge in [-0.25, -0.2) is 4.39 Å². The number of nitrogens with one attached hydrogen (secondary N) is 1. The summed E-state index contributed by atoms with van der Waals surface area (Å²) in [4.78, 5) is 14.5. The molecule has 1 saturated heterocycles. The number of furan rings is 1. The molecule has 140 valence electrons. The first-order valence-corrected chi connectivity index (χ1v) is 8.38. The highest BCUT2D eigenvalue weighted by Crippen LogP contribution is 2.28. The SMILES string of the molecule is O=C(Nc1ccc(F)cc1OC(F)F)c1ccc(CN2CCCCC2)o1. The Labute approximate surface area is 148 Å². The first kappa shape index (κ1) is 18.3. The van der Waals surface area contributed by atoms with Crippen molar-refractivity contribution in [1.82, 2.24) is 4.90 Å². The van der Waals surface area contributed by atoms with Gasteiger partial charge in [0.25, 0.3) is 5.91 Å². The van der Waals surface area contributed by atoms with Crippen LogP contribution in [0, 0.1) is 5.82 Å². The third kappa shape index (κ3) is 4.78. The van der Waals surface area contributed by atoms with Crippen LogP contribution < -0.4 is 10.1 Å². The van der Waals surface area contributed by atoms with Crippen LogP contribution >= 0.6 is 0 Å². The van der Waals surface area contributed by atoms with E-state index in [1.807, 2.05) is 0 Å². The average molecular weight is 368 g/mol. The van der Waals surface area contributed by atoms with Crippen LogP contribution in [0.25, 0.3) is 0 Å². The number of rotatable bonds is 6. The Balaban J connectivity index is 1.67. The van der Waals surface area contributed by atoms with E-state index < -0.39 is 24.1 Å². The molecular formula is C18H19F3N2O3. The molecule has 3 rings (SSSR count). The maximum Gasteiger partial charge on any atom is 0.387 e. The van der Waals surface area contributed by atoms with Crippen molar-refractivity contribution in [3.8, 4) is 5.75 Å². The topological polar surface area (TPSA) is 54.7 Å². The molecule has 1 aromatic heterocycles. The zero-order chi connectivity index (χ0) is 18.5. The van der Waals surface area contributed by atoms with E-state index in [2.05, 4.69) is 15.0 Å². The summed E-state index contributed by atoms with van der Waals surface area (Å²) < 4.78 is 47.9. The van der Waals surface area contributed by atoms with E-state index >= 15 is 0 Å². The fourth-order valence-corrected chi connectivity index (χ4v) is 2.90. The first-order chi connectivity index (χ1) is 12.5. The number of ether oxygens (including phenoxy) is 1.